The van der Waals surface area contributed by atoms with Crippen molar-refractivity contribution in [1.29, 1.82) is 5.26 Å². The lowest BCUT2D eigenvalue weighted by Gasteiger charge is -2.43. The second-order valence-electron chi connectivity index (χ2n) is 11.0. The number of piperazine rings is 1. The zero-order valence-corrected chi connectivity index (χ0v) is 20.9. The van der Waals surface area contributed by atoms with Gasteiger partial charge in [0.2, 0.25) is 5.91 Å². The minimum atomic E-state index is 0.228. The molecule has 3 aliphatic carbocycles. The summed E-state index contributed by atoms with van der Waals surface area (Å²) in [6.45, 7) is 6.12. The fourth-order valence-electron chi connectivity index (χ4n) is 5.88. The average Bonchev–Trinajstić information content (AvgIpc) is 3.80. The number of rotatable bonds is 6. The Balaban J connectivity index is 1.30. The molecule has 0 aromatic carbocycles. The molecule has 0 radical (unpaired) electrons. The van der Waals surface area contributed by atoms with Crippen LogP contribution in [0.2, 0.25) is 0 Å². The van der Waals surface area contributed by atoms with Crippen LogP contribution in [0.3, 0.4) is 0 Å². The molecule has 4 heterocycles. The molecule has 37 heavy (non-hydrogen) atoms. The summed E-state index contributed by atoms with van der Waals surface area (Å²) in [6, 6.07) is 8.75. The van der Waals surface area contributed by atoms with E-state index in [0.29, 0.717) is 29.9 Å². The van der Waals surface area contributed by atoms with Gasteiger partial charge in [-0.3, -0.25) is 9.78 Å². The number of nitrogens with zero attached hydrogens (tertiary/aromatic N) is 6. The Morgan fingerprint density at radius 1 is 1.08 bits per heavy atom. The molecule has 0 bridgehead atoms. The molecule has 4 aliphatic rings. The SMILES string of the molecule is C=Cc1cc(-c2cc(C#N)c(N3CCN(C(=O)C4CC4)[C@H](C4CC4)C3)nc2C2CC2)c2ccncc2n1. The quantitative estimate of drug-likeness (QED) is 0.487. The molecule has 3 saturated carbocycles. The molecule has 0 unspecified atom stereocenters. The van der Waals surface area contributed by atoms with E-state index < -0.39 is 0 Å². The summed E-state index contributed by atoms with van der Waals surface area (Å²) in [5, 5.41) is 11.3. The minimum Gasteiger partial charge on any atom is -0.352 e. The van der Waals surface area contributed by atoms with Crippen molar-refractivity contribution >= 4 is 28.7 Å². The van der Waals surface area contributed by atoms with Crippen LogP contribution in [0.1, 0.15) is 61.4 Å². The van der Waals surface area contributed by atoms with E-state index in [0.717, 1.165) is 78.0 Å². The first-order valence-corrected chi connectivity index (χ1v) is 13.5. The monoisotopic (exact) mass is 490 g/mol. The lowest BCUT2D eigenvalue weighted by Crippen LogP contribution is -2.57. The van der Waals surface area contributed by atoms with E-state index >= 15 is 0 Å². The van der Waals surface area contributed by atoms with Gasteiger partial charge in [0, 0.05) is 48.6 Å². The van der Waals surface area contributed by atoms with E-state index in [2.05, 4.69) is 32.4 Å². The van der Waals surface area contributed by atoms with Gasteiger partial charge < -0.3 is 9.80 Å². The van der Waals surface area contributed by atoms with Crippen LogP contribution in [0.15, 0.2) is 37.2 Å². The van der Waals surface area contributed by atoms with Gasteiger partial charge in [0.25, 0.3) is 0 Å². The van der Waals surface area contributed by atoms with Crippen LogP contribution in [0.4, 0.5) is 5.82 Å². The van der Waals surface area contributed by atoms with E-state index in [1.165, 1.54) is 12.8 Å². The Kier molecular flexibility index (Phi) is 5.24. The number of aromatic nitrogens is 3. The van der Waals surface area contributed by atoms with Crippen LogP contribution in [0.25, 0.3) is 28.1 Å². The zero-order chi connectivity index (χ0) is 25.1. The van der Waals surface area contributed by atoms with Crippen LogP contribution in [0.5, 0.6) is 0 Å². The molecule has 7 nitrogen and oxygen atoms in total. The molecule has 1 saturated heterocycles. The highest BCUT2D eigenvalue weighted by atomic mass is 16.2. The number of nitriles is 1. The molecule has 1 atom stereocenters. The molecule has 7 rings (SSSR count). The Hall–Kier alpha value is -3.79. The van der Waals surface area contributed by atoms with Gasteiger partial charge in [-0.2, -0.15) is 5.26 Å². The number of fused-ring (bicyclic) bond motifs is 1. The smallest absolute Gasteiger partial charge is 0.226 e. The van der Waals surface area contributed by atoms with Crippen molar-refractivity contribution in [1.82, 2.24) is 19.9 Å². The van der Waals surface area contributed by atoms with Gasteiger partial charge in [-0.1, -0.05) is 6.58 Å². The van der Waals surface area contributed by atoms with Gasteiger partial charge in [-0.05, 0) is 74.3 Å². The van der Waals surface area contributed by atoms with Crippen LogP contribution in [-0.2, 0) is 4.79 Å². The molecular formula is C30H30N6O. The lowest BCUT2D eigenvalue weighted by atomic mass is 9.95. The van der Waals surface area contributed by atoms with Crippen molar-refractivity contribution in [2.45, 2.75) is 50.5 Å². The first-order valence-electron chi connectivity index (χ1n) is 13.5. The summed E-state index contributed by atoms with van der Waals surface area (Å²) in [6.07, 6.45) is 12.0. The predicted molar refractivity (Wildman–Crippen MR) is 143 cm³/mol. The van der Waals surface area contributed by atoms with Crippen LogP contribution in [-0.4, -0.2) is 51.4 Å². The number of carbonyl (C=O) groups is 1. The van der Waals surface area contributed by atoms with Gasteiger partial charge in [0.05, 0.1) is 34.7 Å². The summed E-state index contributed by atoms with van der Waals surface area (Å²) in [7, 11) is 0. The molecule has 3 aromatic heterocycles. The Morgan fingerprint density at radius 3 is 2.62 bits per heavy atom. The fourth-order valence-corrected chi connectivity index (χ4v) is 5.88. The molecule has 7 heteroatoms. The summed E-state index contributed by atoms with van der Waals surface area (Å²) in [5.74, 6) is 2.34. The lowest BCUT2D eigenvalue weighted by molar-refractivity contribution is -0.135. The summed E-state index contributed by atoms with van der Waals surface area (Å²) >= 11 is 0. The number of carbonyl (C=O) groups excluding carboxylic acids is 1. The van der Waals surface area contributed by atoms with Crippen LogP contribution in [0, 0.1) is 23.2 Å². The number of hydrogen-bond acceptors (Lipinski definition) is 6. The minimum absolute atomic E-state index is 0.228. The Morgan fingerprint density at radius 2 is 1.92 bits per heavy atom. The van der Waals surface area contributed by atoms with Crippen LogP contribution >= 0.6 is 0 Å². The topological polar surface area (TPSA) is 86.0 Å². The highest BCUT2D eigenvalue weighted by Crippen LogP contribution is 2.47. The molecule has 4 fully saturated rings. The zero-order valence-electron chi connectivity index (χ0n) is 20.9. The van der Waals surface area contributed by atoms with Crippen molar-refractivity contribution < 1.29 is 4.79 Å². The van der Waals surface area contributed by atoms with Crippen molar-refractivity contribution in [3.8, 4) is 17.2 Å². The van der Waals surface area contributed by atoms with Gasteiger partial charge in [-0.25, -0.2) is 9.97 Å². The second kappa shape index (κ2) is 8.65. The summed E-state index contributed by atoms with van der Waals surface area (Å²) in [5.41, 5.74) is 5.27. The van der Waals surface area contributed by atoms with Crippen LogP contribution < -0.4 is 4.90 Å². The van der Waals surface area contributed by atoms with Crippen molar-refractivity contribution in [3.63, 3.8) is 0 Å². The third-order valence-corrected chi connectivity index (χ3v) is 8.34. The van der Waals surface area contributed by atoms with Crippen molar-refractivity contribution in [3.05, 3.63) is 54.1 Å². The van der Waals surface area contributed by atoms with Gasteiger partial charge >= 0.3 is 0 Å². The molecule has 1 amide bonds. The molecule has 3 aromatic rings. The Labute approximate surface area is 216 Å². The van der Waals surface area contributed by atoms with Crippen molar-refractivity contribution in [2.75, 3.05) is 24.5 Å². The maximum absolute atomic E-state index is 13.0. The molecule has 1 aliphatic heterocycles. The Bertz CT molecular complexity index is 1460. The third-order valence-electron chi connectivity index (χ3n) is 8.34. The van der Waals surface area contributed by atoms with Crippen molar-refractivity contribution in [2.24, 2.45) is 11.8 Å². The summed E-state index contributed by atoms with van der Waals surface area (Å²) in [4.78, 5) is 31.6. The molecule has 0 N–H and O–H groups in total. The summed E-state index contributed by atoms with van der Waals surface area (Å²) < 4.78 is 0. The largest absolute Gasteiger partial charge is 0.352 e. The van der Waals surface area contributed by atoms with Gasteiger partial charge in [0.15, 0.2) is 0 Å². The maximum atomic E-state index is 13.0. The molecular weight excluding hydrogens is 460 g/mol. The van der Waals surface area contributed by atoms with Gasteiger partial charge in [0.1, 0.15) is 11.9 Å². The van der Waals surface area contributed by atoms with E-state index in [-0.39, 0.29) is 12.0 Å². The maximum Gasteiger partial charge on any atom is 0.226 e. The average molecular weight is 491 g/mol. The second-order valence-corrected chi connectivity index (χ2v) is 11.0. The molecule has 186 valence electrons. The van der Waals surface area contributed by atoms with E-state index in [1.54, 1.807) is 18.5 Å². The first kappa shape index (κ1) is 22.4. The molecule has 0 spiro atoms. The number of pyridine rings is 3. The highest BCUT2D eigenvalue weighted by molar-refractivity contribution is 5.96. The number of anilines is 1. The standard InChI is InChI=1S/C30H30N6O/c1-2-22-14-24(23-9-10-32-16-26(23)33-22)25-13-21(15-31)29(34-28(25)19-5-6-19)35-11-12-36(30(37)20-7-8-20)27(17-35)18-3-4-18/h2,9-10,13-14,16,18-20,27H,1,3-8,11-12,17H2/t27-/m0/s1. The predicted octanol–water partition coefficient (Wildman–Crippen LogP) is 4.92. The number of hydrogen-bond donors (Lipinski definition) is 0. The third kappa shape index (κ3) is 4.05. The van der Waals surface area contributed by atoms with E-state index in [4.69, 9.17) is 4.98 Å². The van der Waals surface area contributed by atoms with E-state index in [1.807, 2.05) is 18.2 Å². The highest BCUT2D eigenvalue weighted by Gasteiger charge is 2.45. The number of amides is 1. The first-order chi connectivity index (χ1) is 18.1. The fraction of sp³-hybridized carbons (Fsp3) is 0.433. The normalized spacial score (nSPS) is 21.6. The van der Waals surface area contributed by atoms with Gasteiger partial charge in [-0.15, -0.1) is 0 Å². The van der Waals surface area contributed by atoms with E-state index in [9.17, 15) is 10.1 Å².